The molecule has 3 heteroatoms. The summed E-state index contributed by atoms with van der Waals surface area (Å²) in [5.41, 5.74) is 2.29. The molecule has 0 saturated heterocycles. The Morgan fingerprint density at radius 1 is 1.05 bits per heavy atom. The van der Waals surface area contributed by atoms with Gasteiger partial charge in [-0.1, -0.05) is 38.1 Å². The number of fused-ring (bicyclic) bond motifs is 3. The summed E-state index contributed by atoms with van der Waals surface area (Å²) in [6.07, 6.45) is 1.01. The van der Waals surface area contributed by atoms with E-state index in [1.807, 2.05) is 6.07 Å². The zero-order valence-electron chi connectivity index (χ0n) is 12.6. The lowest BCUT2D eigenvalue weighted by Crippen LogP contribution is -2.24. The van der Waals surface area contributed by atoms with Gasteiger partial charge in [0.2, 0.25) is 0 Å². The van der Waals surface area contributed by atoms with E-state index in [-0.39, 0.29) is 0 Å². The Labute approximate surface area is 125 Å². The summed E-state index contributed by atoms with van der Waals surface area (Å²) in [4.78, 5) is 3.44. The number of aromatic nitrogens is 1. The molecule has 0 amide bonds. The Morgan fingerprint density at radius 2 is 1.86 bits per heavy atom. The van der Waals surface area contributed by atoms with Crippen LogP contribution < -0.4 is 10.1 Å². The molecule has 0 fully saturated rings. The third kappa shape index (κ3) is 3.03. The van der Waals surface area contributed by atoms with Crippen LogP contribution in [0, 0.1) is 0 Å². The molecule has 0 aliphatic heterocycles. The molecule has 1 heterocycles. The molecule has 110 valence electrons. The average molecular weight is 282 g/mol. The SMILES string of the molecule is CC(C)NCCCOc1cccc2[nH]c3ccccc3c12. The Hall–Kier alpha value is -2.00. The van der Waals surface area contributed by atoms with Crippen LogP contribution in [0.1, 0.15) is 20.3 Å². The van der Waals surface area contributed by atoms with Gasteiger partial charge in [-0.15, -0.1) is 0 Å². The van der Waals surface area contributed by atoms with Gasteiger partial charge in [-0.2, -0.15) is 0 Å². The maximum atomic E-state index is 6.01. The van der Waals surface area contributed by atoms with Crippen LogP contribution in [0.2, 0.25) is 0 Å². The fourth-order valence-corrected chi connectivity index (χ4v) is 2.63. The minimum absolute atomic E-state index is 0.530. The minimum atomic E-state index is 0.530. The number of para-hydroxylation sites is 1. The van der Waals surface area contributed by atoms with Crippen LogP contribution in [0.15, 0.2) is 42.5 Å². The van der Waals surface area contributed by atoms with Gasteiger partial charge in [0.1, 0.15) is 5.75 Å². The molecule has 0 aliphatic carbocycles. The molecule has 0 saturated carbocycles. The maximum absolute atomic E-state index is 6.01. The van der Waals surface area contributed by atoms with Gasteiger partial charge in [-0.25, -0.2) is 0 Å². The first kappa shape index (κ1) is 14.0. The monoisotopic (exact) mass is 282 g/mol. The van der Waals surface area contributed by atoms with Crippen LogP contribution in [0.5, 0.6) is 5.75 Å². The molecule has 3 aromatic rings. The van der Waals surface area contributed by atoms with Crippen LogP contribution in [0.25, 0.3) is 21.8 Å². The summed E-state index contributed by atoms with van der Waals surface area (Å²) in [5.74, 6) is 0.967. The molecule has 1 aromatic heterocycles. The number of hydrogen-bond acceptors (Lipinski definition) is 2. The van der Waals surface area contributed by atoms with Gasteiger partial charge in [0.15, 0.2) is 0 Å². The van der Waals surface area contributed by atoms with Gasteiger partial charge in [0, 0.05) is 22.3 Å². The van der Waals surface area contributed by atoms with Crippen molar-refractivity contribution < 1.29 is 4.74 Å². The molecule has 2 N–H and O–H groups in total. The smallest absolute Gasteiger partial charge is 0.129 e. The summed E-state index contributed by atoms with van der Waals surface area (Å²) in [6.45, 7) is 6.04. The molecular weight excluding hydrogens is 260 g/mol. The van der Waals surface area contributed by atoms with Crippen molar-refractivity contribution in [3.05, 3.63) is 42.5 Å². The second-order valence-corrected chi connectivity index (χ2v) is 5.66. The fraction of sp³-hybridized carbons (Fsp3) is 0.333. The van der Waals surface area contributed by atoms with Crippen LogP contribution >= 0.6 is 0 Å². The summed E-state index contributed by atoms with van der Waals surface area (Å²) < 4.78 is 6.01. The molecule has 0 radical (unpaired) electrons. The van der Waals surface area contributed by atoms with Gasteiger partial charge < -0.3 is 15.0 Å². The van der Waals surface area contributed by atoms with Crippen LogP contribution in [-0.4, -0.2) is 24.2 Å². The average Bonchev–Trinajstić information content (AvgIpc) is 2.85. The molecule has 3 nitrogen and oxygen atoms in total. The fourth-order valence-electron chi connectivity index (χ4n) is 2.63. The Balaban J connectivity index is 1.79. The minimum Gasteiger partial charge on any atom is -0.493 e. The molecule has 0 atom stereocenters. The highest BCUT2D eigenvalue weighted by Gasteiger charge is 2.08. The van der Waals surface area contributed by atoms with E-state index in [2.05, 4.69) is 60.5 Å². The molecule has 3 rings (SSSR count). The predicted octanol–water partition coefficient (Wildman–Crippen LogP) is 4.09. The van der Waals surface area contributed by atoms with E-state index in [1.165, 1.54) is 10.8 Å². The lowest BCUT2D eigenvalue weighted by atomic mass is 10.1. The summed E-state index contributed by atoms with van der Waals surface area (Å²) in [5, 5.41) is 5.82. The van der Waals surface area contributed by atoms with Crippen LogP contribution in [0.4, 0.5) is 0 Å². The number of benzene rings is 2. The summed E-state index contributed by atoms with van der Waals surface area (Å²) in [6, 6.07) is 15.1. The highest BCUT2D eigenvalue weighted by molar-refractivity contribution is 6.10. The van der Waals surface area contributed by atoms with E-state index in [9.17, 15) is 0 Å². The second kappa shape index (κ2) is 6.19. The van der Waals surface area contributed by atoms with Crippen molar-refractivity contribution >= 4 is 21.8 Å². The molecule has 0 unspecified atom stereocenters. The molecular formula is C18H22N2O. The third-order valence-corrected chi connectivity index (χ3v) is 3.62. The number of ether oxygens (including phenoxy) is 1. The highest BCUT2D eigenvalue weighted by Crippen LogP contribution is 2.32. The maximum Gasteiger partial charge on any atom is 0.129 e. The first-order valence-electron chi connectivity index (χ1n) is 7.61. The van der Waals surface area contributed by atoms with Crippen molar-refractivity contribution in [2.45, 2.75) is 26.3 Å². The van der Waals surface area contributed by atoms with Crippen molar-refractivity contribution in [3.8, 4) is 5.75 Å². The zero-order valence-corrected chi connectivity index (χ0v) is 12.6. The standard InChI is InChI=1S/C18H22N2O/c1-13(2)19-11-6-12-21-17-10-5-9-16-18(17)14-7-3-4-8-15(14)20-16/h3-5,7-10,13,19-20H,6,11-12H2,1-2H3. The van der Waals surface area contributed by atoms with Crippen LogP contribution in [-0.2, 0) is 0 Å². The van der Waals surface area contributed by atoms with Crippen molar-refractivity contribution in [2.75, 3.05) is 13.2 Å². The van der Waals surface area contributed by atoms with E-state index in [0.29, 0.717) is 6.04 Å². The highest BCUT2D eigenvalue weighted by atomic mass is 16.5. The van der Waals surface area contributed by atoms with Gasteiger partial charge in [0.05, 0.1) is 12.1 Å². The molecule has 21 heavy (non-hydrogen) atoms. The normalized spacial score (nSPS) is 11.6. The van der Waals surface area contributed by atoms with Crippen molar-refractivity contribution in [2.24, 2.45) is 0 Å². The van der Waals surface area contributed by atoms with Gasteiger partial charge >= 0.3 is 0 Å². The summed E-state index contributed by atoms with van der Waals surface area (Å²) >= 11 is 0. The lowest BCUT2D eigenvalue weighted by Gasteiger charge is -2.10. The quantitative estimate of drug-likeness (QED) is 0.668. The van der Waals surface area contributed by atoms with Crippen LogP contribution in [0.3, 0.4) is 0 Å². The Kier molecular flexibility index (Phi) is 4.11. The summed E-state index contributed by atoms with van der Waals surface area (Å²) in [7, 11) is 0. The molecule has 0 spiro atoms. The van der Waals surface area contributed by atoms with E-state index in [4.69, 9.17) is 4.74 Å². The van der Waals surface area contributed by atoms with Gasteiger partial charge in [-0.05, 0) is 31.2 Å². The Morgan fingerprint density at radius 3 is 2.71 bits per heavy atom. The van der Waals surface area contributed by atoms with E-state index in [0.717, 1.165) is 36.4 Å². The molecule has 2 aromatic carbocycles. The van der Waals surface area contributed by atoms with Crippen molar-refractivity contribution in [1.82, 2.24) is 10.3 Å². The second-order valence-electron chi connectivity index (χ2n) is 5.66. The number of nitrogens with one attached hydrogen (secondary N) is 2. The van der Waals surface area contributed by atoms with Crippen molar-refractivity contribution in [3.63, 3.8) is 0 Å². The first-order chi connectivity index (χ1) is 10.3. The number of rotatable bonds is 6. The largest absolute Gasteiger partial charge is 0.493 e. The molecule has 0 aliphatic rings. The van der Waals surface area contributed by atoms with Crippen molar-refractivity contribution in [1.29, 1.82) is 0 Å². The lowest BCUT2D eigenvalue weighted by molar-refractivity contribution is 0.310. The van der Waals surface area contributed by atoms with Gasteiger partial charge in [0.25, 0.3) is 0 Å². The van der Waals surface area contributed by atoms with E-state index < -0.39 is 0 Å². The third-order valence-electron chi connectivity index (χ3n) is 3.62. The predicted molar refractivity (Wildman–Crippen MR) is 89.1 cm³/mol. The van der Waals surface area contributed by atoms with Gasteiger partial charge in [-0.3, -0.25) is 0 Å². The number of hydrogen-bond donors (Lipinski definition) is 2. The zero-order chi connectivity index (χ0) is 14.7. The number of aromatic amines is 1. The first-order valence-corrected chi connectivity index (χ1v) is 7.61. The van der Waals surface area contributed by atoms with E-state index in [1.54, 1.807) is 0 Å². The number of H-pyrrole nitrogens is 1. The Bertz CT molecular complexity index is 730. The topological polar surface area (TPSA) is 37.0 Å². The molecule has 0 bridgehead atoms. The van der Waals surface area contributed by atoms with E-state index >= 15 is 0 Å².